The number of hydrogen-bond acceptors (Lipinski definition) is 2. The molecular weight excluding hydrogens is 222 g/mol. The molecule has 1 aliphatic heterocycles. The van der Waals surface area contributed by atoms with Crippen molar-refractivity contribution in [3.8, 4) is 0 Å². The van der Waals surface area contributed by atoms with Crippen molar-refractivity contribution in [2.45, 2.75) is 32.2 Å². The Morgan fingerprint density at radius 1 is 1.11 bits per heavy atom. The molecule has 1 aromatic carbocycles. The number of hydrogen-bond donors (Lipinski definition) is 0. The standard InChI is InChI=1S/C16H21NO/c18-16-7-6-15-12-17(9-8-14(15)10-16)11-13-4-2-1-3-5-13/h1-5,14-15H,6-12H2. The zero-order chi connectivity index (χ0) is 12.4. The maximum absolute atomic E-state index is 11.5. The molecule has 0 aromatic heterocycles. The summed E-state index contributed by atoms with van der Waals surface area (Å²) >= 11 is 0. The summed E-state index contributed by atoms with van der Waals surface area (Å²) in [6, 6.07) is 10.7. The van der Waals surface area contributed by atoms with Crippen LogP contribution < -0.4 is 0 Å². The normalized spacial score (nSPS) is 29.0. The van der Waals surface area contributed by atoms with Crippen LogP contribution in [0.25, 0.3) is 0 Å². The van der Waals surface area contributed by atoms with E-state index in [-0.39, 0.29) is 0 Å². The molecule has 1 aromatic rings. The molecule has 0 bridgehead atoms. The van der Waals surface area contributed by atoms with Gasteiger partial charge in [0.25, 0.3) is 0 Å². The van der Waals surface area contributed by atoms with Crippen molar-refractivity contribution >= 4 is 5.78 Å². The average molecular weight is 243 g/mol. The molecule has 0 radical (unpaired) electrons. The molecule has 1 saturated heterocycles. The van der Waals surface area contributed by atoms with Crippen molar-refractivity contribution in [2.24, 2.45) is 11.8 Å². The first-order valence-electron chi connectivity index (χ1n) is 7.09. The SMILES string of the molecule is O=C1CCC2CN(Cc3ccccc3)CCC2C1. The quantitative estimate of drug-likeness (QED) is 0.796. The predicted molar refractivity (Wildman–Crippen MR) is 72.2 cm³/mol. The zero-order valence-electron chi connectivity index (χ0n) is 10.8. The van der Waals surface area contributed by atoms with E-state index in [1.165, 1.54) is 18.5 Å². The molecule has 1 aliphatic carbocycles. The Labute approximate surface area is 109 Å². The Bertz CT molecular complexity index is 414. The van der Waals surface area contributed by atoms with Crippen LogP contribution in [0.15, 0.2) is 30.3 Å². The largest absolute Gasteiger partial charge is 0.300 e. The molecule has 3 rings (SSSR count). The van der Waals surface area contributed by atoms with Gasteiger partial charge in [0.1, 0.15) is 5.78 Å². The van der Waals surface area contributed by atoms with Crippen LogP contribution in [0, 0.1) is 11.8 Å². The second-order valence-electron chi connectivity index (χ2n) is 5.81. The predicted octanol–water partition coefficient (Wildman–Crippen LogP) is 2.88. The Balaban J connectivity index is 1.59. The number of Topliss-reactive ketones (excluding diaryl/α,β-unsaturated/α-hetero) is 1. The van der Waals surface area contributed by atoms with Crippen LogP contribution in [0.5, 0.6) is 0 Å². The van der Waals surface area contributed by atoms with E-state index in [0.29, 0.717) is 11.7 Å². The van der Waals surface area contributed by atoms with E-state index < -0.39 is 0 Å². The van der Waals surface area contributed by atoms with Gasteiger partial charge in [0.05, 0.1) is 0 Å². The third kappa shape index (κ3) is 2.64. The van der Waals surface area contributed by atoms with Crippen LogP contribution in [0.3, 0.4) is 0 Å². The molecule has 2 fully saturated rings. The van der Waals surface area contributed by atoms with Crippen LogP contribution in [-0.4, -0.2) is 23.8 Å². The van der Waals surface area contributed by atoms with Gasteiger partial charge in [-0.25, -0.2) is 0 Å². The molecule has 2 aliphatic rings. The number of ketones is 1. The Morgan fingerprint density at radius 2 is 1.94 bits per heavy atom. The molecule has 96 valence electrons. The number of nitrogens with zero attached hydrogens (tertiary/aromatic N) is 1. The van der Waals surface area contributed by atoms with Gasteiger partial charge in [0.15, 0.2) is 0 Å². The summed E-state index contributed by atoms with van der Waals surface area (Å²) in [6.07, 6.45) is 4.00. The third-order valence-electron chi connectivity index (χ3n) is 4.51. The first-order chi connectivity index (χ1) is 8.81. The minimum absolute atomic E-state index is 0.493. The molecule has 0 N–H and O–H groups in total. The number of fused-ring (bicyclic) bond motifs is 1. The minimum Gasteiger partial charge on any atom is -0.300 e. The first kappa shape index (κ1) is 11.9. The molecule has 0 amide bonds. The Kier molecular flexibility index (Phi) is 3.46. The lowest BCUT2D eigenvalue weighted by atomic mass is 9.74. The zero-order valence-corrected chi connectivity index (χ0v) is 10.8. The minimum atomic E-state index is 0.493. The van der Waals surface area contributed by atoms with Crippen molar-refractivity contribution in [1.82, 2.24) is 4.90 Å². The fraction of sp³-hybridized carbons (Fsp3) is 0.562. The Morgan fingerprint density at radius 3 is 2.78 bits per heavy atom. The van der Waals surface area contributed by atoms with E-state index in [2.05, 4.69) is 35.2 Å². The summed E-state index contributed by atoms with van der Waals surface area (Å²) < 4.78 is 0. The van der Waals surface area contributed by atoms with Gasteiger partial charge < -0.3 is 0 Å². The monoisotopic (exact) mass is 243 g/mol. The van der Waals surface area contributed by atoms with Crippen molar-refractivity contribution < 1.29 is 4.79 Å². The summed E-state index contributed by atoms with van der Waals surface area (Å²) in [4.78, 5) is 14.0. The molecule has 2 unspecified atom stereocenters. The second kappa shape index (κ2) is 5.23. The fourth-order valence-corrected chi connectivity index (χ4v) is 3.48. The Hall–Kier alpha value is -1.15. The number of piperidine rings is 1. The van der Waals surface area contributed by atoms with Gasteiger partial charge in [0, 0.05) is 25.9 Å². The van der Waals surface area contributed by atoms with Gasteiger partial charge in [-0.3, -0.25) is 9.69 Å². The van der Waals surface area contributed by atoms with E-state index in [9.17, 15) is 4.79 Å². The second-order valence-corrected chi connectivity index (χ2v) is 5.81. The molecule has 1 saturated carbocycles. The highest BCUT2D eigenvalue weighted by Crippen LogP contribution is 2.34. The van der Waals surface area contributed by atoms with Crippen molar-refractivity contribution in [2.75, 3.05) is 13.1 Å². The summed E-state index contributed by atoms with van der Waals surface area (Å²) in [5, 5.41) is 0. The summed E-state index contributed by atoms with van der Waals surface area (Å²) in [7, 11) is 0. The first-order valence-corrected chi connectivity index (χ1v) is 7.09. The van der Waals surface area contributed by atoms with Gasteiger partial charge in [-0.1, -0.05) is 30.3 Å². The number of carbonyl (C=O) groups is 1. The molecule has 2 heteroatoms. The fourth-order valence-electron chi connectivity index (χ4n) is 3.48. The van der Waals surface area contributed by atoms with Crippen molar-refractivity contribution in [1.29, 1.82) is 0 Å². The molecule has 0 spiro atoms. The van der Waals surface area contributed by atoms with E-state index >= 15 is 0 Å². The highest BCUT2D eigenvalue weighted by atomic mass is 16.1. The topological polar surface area (TPSA) is 20.3 Å². The molecule has 1 heterocycles. The average Bonchev–Trinajstić information content (AvgIpc) is 2.40. The highest BCUT2D eigenvalue weighted by Gasteiger charge is 2.33. The summed E-state index contributed by atoms with van der Waals surface area (Å²) in [5.74, 6) is 1.94. The maximum atomic E-state index is 11.5. The van der Waals surface area contributed by atoms with E-state index in [4.69, 9.17) is 0 Å². The summed E-state index contributed by atoms with van der Waals surface area (Å²) in [5.41, 5.74) is 1.41. The number of carbonyl (C=O) groups excluding carboxylic acids is 1. The van der Waals surface area contributed by atoms with Gasteiger partial charge >= 0.3 is 0 Å². The van der Waals surface area contributed by atoms with Crippen molar-refractivity contribution in [3.63, 3.8) is 0 Å². The number of rotatable bonds is 2. The smallest absolute Gasteiger partial charge is 0.133 e. The number of benzene rings is 1. The lowest BCUT2D eigenvalue weighted by Gasteiger charge is -2.40. The van der Waals surface area contributed by atoms with Crippen LogP contribution in [-0.2, 0) is 11.3 Å². The van der Waals surface area contributed by atoms with Gasteiger partial charge in [-0.15, -0.1) is 0 Å². The van der Waals surface area contributed by atoms with Crippen LogP contribution in [0.4, 0.5) is 0 Å². The van der Waals surface area contributed by atoms with Crippen LogP contribution >= 0.6 is 0 Å². The molecule has 18 heavy (non-hydrogen) atoms. The van der Waals surface area contributed by atoms with E-state index in [0.717, 1.165) is 38.3 Å². The highest BCUT2D eigenvalue weighted by molar-refractivity contribution is 5.79. The lowest BCUT2D eigenvalue weighted by molar-refractivity contribution is -0.123. The van der Waals surface area contributed by atoms with Crippen molar-refractivity contribution in [3.05, 3.63) is 35.9 Å². The van der Waals surface area contributed by atoms with Gasteiger partial charge in [-0.05, 0) is 36.8 Å². The third-order valence-corrected chi connectivity index (χ3v) is 4.51. The molecule has 2 atom stereocenters. The van der Waals surface area contributed by atoms with E-state index in [1.807, 2.05) is 0 Å². The van der Waals surface area contributed by atoms with Gasteiger partial charge in [0.2, 0.25) is 0 Å². The van der Waals surface area contributed by atoms with Crippen LogP contribution in [0.2, 0.25) is 0 Å². The van der Waals surface area contributed by atoms with Crippen LogP contribution in [0.1, 0.15) is 31.2 Å². The van der Waals surface area contributed by atoms with E-state index in [1.54, 1.807) is 0 Å². The maximum Gasteiger partial charge on any atom is 0.133 e. The number of likely N-dealkylation sites (tertiary alicyclic amines) is 1. The molecular formula is C16H21NO. The van der Waals surface area contributed by atoms with Gasteiger partial charge in [-0.2, -0.15) is 0 Å². The summed E-state index contributed by atoms with van der Waals surface area (Å²) in [6.45, 7) is 3.41. The molecule has 2 nitrogen and oxygen atoms in total. The lowest BCUT2D eigenvalue weighted by Crippen LogP contribution is -2.42.